The maximum Gasteiger partial charge on any atom is 0.144 e. The maximum atomic E-state index is 11.3. The predicted molar refractivity (Wildman–Crippen MR) is 148 cm³/mol. The van der Waals surface area contributed by atoms with Crippen molar-refractivity contribution < 1.29 is 5.11 Å². The van der Waals surface area contributed by atoms with Crippen LogP contribution in [-0.2, 0) is 0 Å². The van der Waals surface area contributed by atoms with Gasteiger partial charge in [-0.1, -0.05) is 96.5 Å². The number of benzene rings is 5. The van der Waals surface area contributed by atoms with Crippen LogP contribution in [0.5, 0.6) is 5.75 Å². The Bertz CT molecular complexity index is 1700. The number of phenols is 1. The summed E-state index contributed by atoms with van der Waals surface area (Å²) in [4.78, 5) is 0. The fraction of sp³-hybridized carbons (Fsp3) is 0.0625. The Kier molecular flexibility index (Phi) is 5.12. The highest BCUT2D eigenvalue weighted by Gasteiger charge is 2.22. The molecule has 6 rings (SSSR count). The number of nitrogens with zero attached hydrogens (tertiary/aromatic N) is 1. The van der Waals surface area contributed by atoms with E-state index in [9.17, 15) is 5.11 Å². The molecule has 0 fully saturated rings. The van der Waals surface area contributed by atoms with Crippen molar-refractivity contribution in [2.45, 2.75) is 13.8 Å². The van der Waals surface area contributed by atoms with Crippen molar-refractivity contribution >= 4 is 33.4 Å². The molecule has 0 aliphatic carbocycles. The normalized spacial score (nSPS) is 11.4. The van der Waals surface area contributed by atoms with E-state index in [2.05, 4.69) is 95.6 Å². The third-order valence-electron chi connectivity index (χ3n) is 6.92. The molecule has 0 saturated heterocycles. The molecule has 0 aliphatic rings. The first-order valence-corrected chi connectivity index (χ1v) is 12.1. The van der Waals surface area contributed by atoms with E-state index in [0.717, 1.165) is 49.7 Å². The number of halogens is 1. The Morgan fingerprint density at radius 3 is 1.80 bits per heavy atom. The highest BCUT2D eigenvalue weighted by Crippen LogP contribution is 2.45. The summed E-state index contributed by atoms with van der Waals surface area (Å²) in [6, 6.07) is 35.7. The molecule has 1 heterocycles. The van der Waals surface area contributed by atoms with Gasteiger partial charge >= 0.3 is 0 Å². The van der Waals surface area contributed by atoms with Crippen LogP contribution in [0, 0.1) is 13.8 Å². The van der Waals surface area contributed by atoms with Crippen molar-refractivity contribution in [2.24, 2.45) is 0 Å². The van der Waals surface area contributed by atoms with Crippen LogP contribution in [0.15, 0.2) is 103 Å². The second-order valence-electron chi connectivity index (χ2n) is 8.98. The van der Waals surface area contributed by atoms with Gasteiger partial charge in [-0.25, -0.2) is 0 Å². The predicted octanol–water partition coefficient (Wildman–Crippen LogP) is 9.09. The van der Waals surface area contributed by atoms with Gasteiger partial charge in [0.05, 0.1) is 16.1 Å². The number of hydrogen-bond acceptors (Lipinski definition) is 1. The lowest BCUT2D eigenvalue weighted by Gasteiger charge is -2.13. The van der Waals surface area contributed by atoms with Crippen molar-refractivity contribution in [1.82, 2.24) is 4.57 Å². The molecule has 0 saturated carbocycles. The molecule has 0 bridgehead atoms. The molecule has 1 aromatic heterocycles. The lowest BCUT2D eigenvalue weighted by atomic mass is 10.0. The first-order chi connectivity index (χ1) is 17.0. The summed E-state index contributed by atoms with van der Waals surface area (Å²) in [5.74, 6) is 0.222. The molecule has 0 unspecified atom stereocenters. The fourth-order valence-corrected chi connectivity index (χ4v) is 5.26. The molecule has 35 heavy (non-hydrogen) atoms. The molecular weight excluding hydrogens is 450 g/mol. The van der Waals surface area contributed by atoms with Gasteiger partial charge in [-0.15, -0.1) is 0 Å². The van der Waals surface area contributed by atoms with Gasteiger partial charge in [0.1, 0.15) is 5.75 Å². The number of aromatic nitrogens is 1. The Balaban J connectivity index is 1.67. The first kappa shape index (κ1) is 21.5. The molecule has 2 nitrogen and oxygen atoms in total. The topological polar surface area (TPSA) is 25.2 Å². The van der Waals surface area contributed by atoms with E-state index < -0.39 is 0 Å². The van der Waals surface area contributed by atoms with E-state index in [0.29, 0.717) is 10.6 Å². The van der Waals surface area contributed by atoms with Crippen molar-refractivity contribution in [2.75, 3.05) is 0 Å². The summed E-state index contributed by atoms with van der Waals surface area (Å²) in [7, 11) is 0. The Morgan fingerprint density at radius 1 is 0.629 bits per heavy atom. The van der Waals surface area contributed by atoms with Crippen LogP contribution in [0.4, 0.5) is 0 Å². The number of fused-ring (bicyclic) bond motifs is 3. The van der Waals surface area contributed by atoms with Crippen molar-refractivity contribution in [3.8, 4) is 33.7 Å². The average Bonchev–Trinajstić information content (AvgIpc) is 3.26. The van der Waals surface area contributed by atoms with Gasteiger partial charge in [0, 0.05) is 22.0 Å². The fourth-order valence-electron chi connectivity index (χ4n) is 5.08. The van der Waals surface area contributed by atoms with E-state index in [1.165, 1.54) is 5.56 Å². The van der Waals surface area contributed by atoms with Crippen molar-refractivity contribution in [3.63, 3.8) is 0 Å². The molecule has 0 aliphatic heterocycles. The molecule has 0 amide bonds. The second kappa shape index (κ2) is 8.33. The number of phenolic OH excluding ortho intramolecular Hbond substituents is 1. The maximum absolute atomic E-state index is 11.3. The molecule has 5 aromatic carbocycles. The Labute approximate surface area is 209 Å². The zero-order valence-electron chi connectivity index (χ0n) is 19.6. The lowest BCUT2D eigenvalue weighted by Crippen LogP contribution is -1.96. The highest BCUT2D eigenvalue weighted by molar-refractivity contribution is 6.34. The molecular formula is C32H24ClNO. The van der Waals surface area contributed by atoms with E-state index in [-0.39, 0.29) is 5.75 Å². The van der Waals surface area contributed by atoms with Crippen molar-refractivity contribution in [1.29, 1.82) is 0 Å². The van der Waals surface area contributed by atoms with Gasteiger partial charge in [0.25, 0.3) is 0 Å². The highest BCUT2D eigenvalue weighted by atomic mass is 35.5. The molecule has 6 aromatic rings. The molecule has 1 N–H and O–H groups in total. The largest absolute Gasteiger partial charge is 0.505 e. The van der Waals surface area contributed by atoms with Crippen LogP contribution < -0.4 is 0 Å². The zero-order chi connectivity index (χ0) is 24.1. The van der Waals surface area contributed by atoms with Crippen LogP contribution in [0.1, 0.15) is 11.1 Å². The quantitative estimate of drug-likeness (QED) is 0.272. The lowest BCUT2D eigenvalue weighted by molar-refractivity contribution is 0.475. The molecule has 0 atom stereocenters. The van der Waals surface area contributed by atoms with E-state index in [1.54, 1.807) is 0 Å². The number of rotatable bonds is 3. The minimum Gasteiger partial charge on any atom is -0.505 e. The minimum absolute atomic E-state index is 0.222. The van der Waals surface area contributed by atoms with E-state index in [4.69, 9.17) is 11.6 Å². The third-order valence-corrected chi connectivity index (χ3v) is 7.49. The molecule has 0 spiro atoms. The summed E-state index contributed by atoms with van der Waals surface area (Å²) < 4.78 is 2.16. The van der Waals surface area contributed by atoms with Gasteiger partial charge in [-0.05, 0) is 59.9 Å². The SMILES string of the molecule is Cc1c(Cl)c(C)c2c3ccc(-c4ccccc4)cc3n(-c3ccc(-c4ccccc4)cc3)c2c1O. The summed E-state index contributed by atoms with van der Waals surface area (Å²) in [5, 5.41) is 14.0. The standard InChI is InChI=1S/C32H24ClNO/c1-20-29-27-18-15-25(23-11-7-4-8-12-23)19-28(27)34(31(29)32(35)21(2)30(20)33)26-16-13-24(14-17-26)22-9-5-3-6-10-22/h3-19,35H,1-2H3. The number of hydrogen-bond donors (Lipinski definition) is 1. The summed E-state index contributed by atoms with van der Waals surface area (Å²) in [6.07, 6.45) is 0. The van der Waals surface area contributed by atoms with Crippen LogP contribution in [0.25, 0.3) is 49.7 Å². The van der Waals surface area contributed by atoms with Gasteiger partial charge < -0.3 is 9.67 Å². The molecule has 0 radical (unpaired) electrons. The van der Waals surface area contributed by atoms with Crippen LogP contribution in [0.3, 0.4) is 0 Å². The zero-order valence-corrected chi connectivity index (χ0v) is 20.3. The van der Waals surface area contributed by atoms with Gasteiger partial charge in [-0.3, -0.25) is 0 Å². The van der Waals surface area contributed by atoms with Crippen molar-refractivity contribution in [3.05, 3.63) is 119 Å². The number of aromatic hydroxyl groups is 1. The van der Waals surface area contributed by atoms with Gasteiger partial charge in [0.15, 0.2) is 0 Å². The second-order valence-corrected chi connectivity index (χ2v) is 9.36. The monoisotopic (exact) mass is 473 g/mol. The van der Waals surface area contributed by atoms with Crippen LogP contribution in [0.2, 0.25) is 5.02 Å². The van der Waals surface area contributed by atoms with Crippen LogP contribution >= 0.6 is 11.6 Å². The smallest absolute Gasteiger partial charge is 0.144 e. The average molecular weight is 474 g/mol. The van der Waals surface area contributed by atoms with Gasteiger partial charge in [0.2, 0.25) is 0 Å². The van der Waals surface area contributed by atoms with Crippen LogP contribution in [-0.4, -0.2) is 9.67 Å². The number of aryl methyl sites for hydroxylation is 1. The Hall–Kier alpha value is -4.01. The summed E-state index contributed by atoms with van der Waals surface area (Å²) in [6.45, 7) is 3.91. The first-order valence-electron chi connectivity index (χ1n) is 11.7. The molecule has 170 valence electrons. The third kappa shape index (κ3) is 3.41. The Morgan fingerprint density at radius 2 is 1.17 bits per heavy atom. The van der Waals surface area contributed by atoms with E-state index >= 15 is 0 Å². The summed E-state index contributed by atoms with van der Waals surface area (Å²) >= 11 is 6.66. The summed E-state index contributed by atoms with van der Waals surface area (Å²) in [5.41, 5.74) is 9.11. The van der Waals surface area contributed by atoms with E-state index in [1.807, 2.05) is 26.0 Å². The molecule has 3 heteroatoms. The van der Waals surface area contributed by atoms with Gasteiger partial charge in [-0.2, -0.15) is 0 Å². The minimum atomic E-state index is 0.222.